The molecule has 1 aromatic carbocycles. The summed E-state index contributed by atoms with van der Waals surface area (Å²) >= 11 is 5.95. The van der Waals surface area contributed by atoms with Crippen LogP contribution in [-0.4, -0.2) is 64.0 Å². The highest BCUT2D eigenvalue weighted by molar-refractivity contribution is 6.20. The second-order valence-corrected chi connectivity index (χ2v) is 9.45. The summed E-state index contributed by atoms with van der Waals surface area (Å²) in [6.07, 6.45) is -7.21. The Morgan fingerprint density at radius 1 is 0.857 bits per heavy atom. The normalized spacial score (nSPS) is 19.0. The maximum atomic E-state index is 13.8. The van der Waals surface area contributed by atoms with Gasteiger partial charge in [-0.05, 0) is 31.6 Å². The van der Waals surface area contributed by atoms with Crippen molar-refractivity contribution in [3.63, 3.8) is 0 Å². The Labute approximate surface area is 230 Å². The number of carbonyl (C=O) groups excluding carboxylic acids is 1. The van der Waals surface area contributed by atoms with E-state index in [-0.39, 0.29) is 29.8 Å². The first-order valence-corrected chi connectivity index (χ1v) is 11.5. The van der Waals surface area contributed by atoms with Gasteiger partial charge in [0.05, 0.1) is 15.9 Å². The molecule has 22 heteroatoms. The highest BCUT2D eigenvalue weighted by atomic mass is 35.5. The third-order valence-corrected chi connectivity index (χ3v) is 6.54. The van der Waals surface area contributed by atoms with Crippen LogP contribution in [0.3, 0.4) is 0 Å². The number of hydrogen-bond donors (Lipinski definition) is 0. The second kappa shape index (κ2) is 11.8. The van der Waals surface area contributed by atoms with Gasteiger partial charge in [-0.3, -0.25) is 20.2 Å². The summed E-state index contributed by atoms with van der Waals surface area (Å²) in [7, 11) is 0. The Bertz CT molecular complexity index is 1210. The fourth-order valence-electron chi connectivity index (χ4n) is 3.78. The Hall–Kier alpha value is -3.26. The van der Waals surface area contributed by atoms with Gasteiger partial charge in [-0.25, -0.2) is 13.6 Å². The number of nitrogens with zero attached hydrogens (tertiary/aromatic N) is 2. The predicted molar refractivity (Wildman–Crippen MR) is 113 cm³/mol. The molecule has 9 nitrogen and oxygen atoms in total. The number of nitro groups is 2. The highest BCUT2D eigenvalue weighted by Gasteiger charge is 2.88. The molecule has 42 heavy (non-hydrogen) atoms. The van der Waals surface area contributed by atoms with Gasteiger partial charge in [0.15, 0.2) is 6.61 Å². The van der Waals surface area contributed by atoms with E-state index in [2.05, 4.69) is 9.47 Å². The minimum Gasteiger partial charge on any atom is -0.427 e. The van der Waals surface area contributed by atoms with E-state index >= 15 is 0 Å². The molecule has 0 amide bonds. The van der Waals surface area contributed by atoms with Crippen LogP contribution in [0.2, 0.25) is 0 Å². The molecule has 1 aromatic rings. The fourth-order valence-corrected chi connectivity index (χ4v) is 4.03. The molecular weight excluding hydrogens is 644 g/mol. The van der Waals surface area contributed by atoms with Crippen molar-refractivity contribution in [2.45, 2.75) is 73.0 Å². The van der Waals surface area contributed by atoms with Crippen LogP contribution in [0, 0.1) is 20.2 Å². The third-order valence-electron chi connectivity index (χ3n) is 6.10. The Kier molecular flexibility index (Phi) is 9.81. The van der Waals surface area contributed by atoms with Crippen molar-refractivity contribution < 1.29 is 76.8 Å². The Balaban J connectivity index is 2.33. The topological polar surface area (TPSA) is 122 Å². The molecule has 0 heterocycles. The Morgan fingerprint density at radius 2 is 1.36 bits per heavy atom. The van der Waals surface area contributed by atoms with Crippen LogP contribution < -0.4 is 4.74 Å². The zero-order valence-corrected chi connectivity index (χ0v) is 20.8. The van der Waals surface area contributed by atoms with Gasteiger partial charge in [-0.2, -0.15) is 43.9 Å². The van der Waals surface area contributed by atoms with Crippen molar-refractivity contribution in [3.05, 3.63) is 37.9 Å². The highest BCUT2D eigenvalue weighted by Crippen LogP contribution is 2.58. The van der Waals surface area contributed by atoms with E-state index in [4.69, 9.17) is 11.6 Å². The lowest BCUT2D eigenvalue weighted by Gasteiger charge is -2.38. The molecule has 238 valence electrons. The SMILES string of the molecule is O=C(OCC(F)(F)C(F)(F)C(F)(F)C(F)(F)C(F)(F)C(F)F)Oc1cc([N+](=O)[O-])c(C2CCC(Cl)CC2)cc1[N+](=O)[O-]. The second-order valence-electron chi connectivity index (χ2n) is 8.83. The Morgan fingerprint density at radius 3 is 1.81 bits per heavy atom. The van der Waals surface area contributed by atoms with E-state index in [0.29, 0.717) is 18.9 Å². The van der Waals surface area contributed by atoms with Crippen LogP contribution in [0.5, 0.6) is 5.75 Å². The maximum absolute atomic E-state index is 13.8. The molecule has 2 rings (SSSR count). The predicted octanol–water partition coefficient (Wildman–Crippen LogP) is 7.73. The molecular formula is C20H15ClF12N2O7. The number of benzene rings is 1. The molecule has 0 N–H and O–H groups in total. The number of hydrogen-bond acceptors (Lipinski definition) is 7. The molecule has 1 aliphatic carbocycles. The zero-order valence-electron chi connectivity index (χ0n) is 20.1. The maximum Gasteiger partial charge on any atom is 0.514 e. The van der Waals surface area contributed by atoms with Gasteiger partial charge >= 0.3 is 47.9 Å². The minimum atomic E-state index is -7.88. The van der Waals surface area contributed by atoms with E-state index in [0.717, 1.165) is 0 Å². The average molecular weight is 659 g/mol. The van der Waals surface area contributed by atoms with Gasteiger partial charge in [-0.1, -0.05) is 0 Å². The van der Waals surface area contributed by atoms with E-state index < -0.39 is 81.7 Å². The molecule has 0 spiro atoms. The molecule has 0 aromatic heterocycles. The lowest BCUT2D eigenvalue weighted by molar-refractivity contribution is -0.414. The first-order valence-electron chi connectivity index (χ1n) is 11.0. The van der Waals surface area contributed by atoms with Crippen LogP contribution in [0.15, 0.2) is 12.1 Å². The number of alkyl halides is 13. The molecule has 0 unspecified atom stereocenters. The lowest BCUT2D eigenvalue weighted by atomic mass is 9.83. The van der Waals surface area contributed by atoms with E-state index in [1.165, 1.54) is 0 Å². The number of halogens is 13. The molecule has 1 fully saturated rings. The quantitative estimate of drug-likeness (QED) is 0.0596. The average Bonchev–Trinajstić information content (AvgIpc) is 2.87. The monoisotopic (exact) mass is 658 g/mol. The summed E-state index contributed by atoms with van der Waals surface area (Å²) in [6.45, 7) is -3.35. The lowest BCUT2D eigenvalue weighted by Crippen LogP contribution is -2.69. The van der Waals surface area contributed by atoms with Crippen molar-refractivity contribution in [2.75, 3.05) is 6.61 Å². The third kappa shape index (κ3) is 6.24. The van der Waals surface area contributed by atoms with E-state index in [1.807, 2.05) is 0 Å². The molecule has 0 atom stereocenters. The van der Waals surface area contributed by atoms with Crippen molar-refractivity contribution in [1.29, 1.82) is 0 Å². The summed E-state index contributed by atoms with van der Waals surface area (Å²) in [5.74, 6) is -39.2. The summed E-state index contributed by atoms with van der Waals surface area (Å²) < 4.78 is 166. The van der Waals surface area contributed by atoms with Gasteiger partial charge < -0.3 is 9.47 Å². The molecule has 0 aliphatic heterocycles. The number of rotatable bonds is 11. The van der Waals surface area contributed by atoms with E-state index in [9.17, 15) is 77.7 Å². The summed E-state index contributed by atoms with van der Waals surface area (Å²) in [4.78, 5) is 32.4. The molecule has 0 saturated heterocycles. The smallest absolute Gasteiger partial charge is 0.427 e. The van der Waals surface area contributed by atoms with Gasteiger partial charge in [0.25, 0.3) is 5.69 Å². The van der Waals surface area contributed by atoms with Crippen LogP contribution in [0.1, 0.15) is 37.2 Å². The molecule has 0 radical (unpaired) electrons. The first kappa shape index (κ1) is 34.9. The van der Waals surface area contributed by atoms with E-state index in [1.54, 1.807) is 0 Å². The largest absolute Gasteiger partial charge is 0.514 e. The zero-order chi connectivity index (χ0) is 32.6. The number of carbonyl (C=O) groups is 1. The van der Waals surface area contributed by atoms with Crippen molar-refractivity contribution in [3.8, 4) is 5.75 Å². The number of nitro benzene ring substituents is 2. The van der Waals surface area contributed by atoms with Crippen LogP contribution in [-0.2, 0) is 4.74 Å². The van der Waals surface area contributed by atoms with Crippen molar-refractivity contribution in [2.24, 2.45) is 0 Å². The van der Waals surface area contributed by atoms with Crippen LogP contribution >= 0.6 is 11.6 Å². The summed E-state index contributed by atoms with van der Waals surface area (Å²) in [5, 5.41) is 22.7. The van der Waals surface area contributed by atoms with Gasteiger partial charge in [0.1, 0.15) is 0 Å². The molecule has 1 aliphatic rings. The number of ether oxygens (including phenoxy) is 2. The van der Waals surface area contributed by atoms with Crippen molar-refractivity contribution >= 4 is 29.1 Å². The van der Waals surface area contributed by atoms with Gasteiger partial charge in [0, 0.05) is 17.0 Å². The molecule has 1 saturated carbocycles. The standard InChI is InChI=1S/C20H15ClF12N2O7/c21-9-3-1-8(2-4-9)10-5-12(35(39)40)13(6-11(10)34(37)38)42-15(36)41-7-16(24,25)18(28,29)20(32,33)19(30,31)17(26,27)14(22)23/h5-6,8-9,14H,1-4,7H2. The van der Waals surface area contributed by atoms with Crippen LogP contribution in [0.4, 0.5) is 68.9 Å². The fraction of sp³-hybridized carbons (Fsp3) is 0.650. The minimum absolute atomic E-state index is 0.227. The molecule has 0 bridgehead atoms. The first-order chi connectivity index (χ1) is 18.9. The van der Waals surface area contributed by atoms with Crippen LogP contribution in [0.25, 0.3) is 0 Å². The van der Waals surface area contributed by atoms with Gasteiger partial charge in [-0.15, -0.1) is 11.6 Å². The van der Waals surface area contributed by atoms with Gasteiger partial charge in [0.2, 0.25) is 5.75 Å². The van der Waals surface area contributed by atoms with Crippen molar-refractivity contribution in [1.82, 2.24) is 0 Å². The summed E-state index contributed by atoms with van der Waals surface area (Å²) in [5.41, 5.74) is -2.36. The summed E-state index contributed by atoms with van der Waals surface area (Å²) in [6, 6.07) is 0.837.